The highest BCUT2D eigenvalue weighted by Gasteiger charge is 2.32. The zero-order chi connectivity index (χ0) is 33.2. The van der Waals surface area contributed by atoms with Crippen LogP contribution in [0.5, 0.6) is 34.5 Å². The molecule has 4 aromatic carbocycles. The van der Waals surface area contributed by atoms with Crippen LogP contribution in [0.2, 0.25) is 0 Å². The Morgan fingerprint density at radius 3 is 2.13 bits per heavy atom. The Bertz CT molecular complexity index is 2400. The van der Waals surface area contributed by atoms with Gasteiger partial charge >= 0.3 is 0 Å². The smallest absolute Gasteiger partial charge is 0.197 e. The molecule has 47 heavy (non-hydrogen) atoms. The summed E-state index contributed by atoms with van der Waals surface area (Å²) >= 11 is 0. The zero-order valence-corrected chi connectivity index (χ0v) is 25.7. The highest BCUT2D eigenvalue weighted by Crippen LogP contribution is 2.51. The van der Waals surface area contributed by atoms with E-state index in [0.29, 0.717) is 33.8 Å². The standard InChI is InChI=1S/C37H28O10/c1-37(2)12-11-22-34(42)33-26(41)17-28(18-5-8-20(38)9-6-18)46-36(33)31(35(22)47-37)23-13-19(7-10-27(23)44-4)29-16-25(40)32-24(39)14-21(43-3)15-30(32)45-29/h5-17,38-39,42H,1-4H3. The predicted octanol–water partition coefficient (Wildman–Crippen LogP) is 7.22. The summed E-state index contributed by atoms with van der Waals surface area (Å²) in [5.74, 6) is 0.770. The number of phenols is 3. The summed E-state index contributed by atoms with van der Waals surface area (Å²) in [5.41, 5.74) is 0.385. The molecule has 7 rings (SSSR count). The minimum absolute atomic E-state index is 0.00726. The maximum absolute atomic E-state index is 13.7. The van der Waals surface area contributed by atoms with Gasteiger partial charge in [-0.05, 0) is 68.5 Å². The lowest BCUT2D eigenvalue weighted by molar-refractivity contribution is 0.159. The molecule has 0 unspecified atom stereocenters. The number of aromatic hydroxyl groups is 3. The zero-order valence-electron chi connectivity index (χ0n) is 25.7. The number of hydrogen-bond acceptors (Lipinski definition) is 10. The first-order valence-electron chi connectivity index (χ1n) is 14.6. The molecule has 6 aromatic rings. The van der Waals surface area contributed by atoms with Crippen LogP contribution >= 0.6 is 0 Å². The first-order chi connectivity index (χ1) is 22.5. The second-order valence-electron chi connectivity index (χ2n) is 11.6. The van der Waals surface area contributed by atoms with Crippen molar-refractivity contribution in [2.45, 2.75) is 19.4 Å². The summed E-state index contributed by atoms with van der Waals surface area (Å²) < 4.78 is 30.0. The van der Waals surface area contributed by atoms with E-state index in [2.05, 4.69) is 0 Å². The fraction of sp³-hybridized carbons (Fsp3) is 0.135. The monoisotopic (exact) mass is 632 g/mol. The molecule has 0 spiro atoms. The molecule has 236 valence electrons. The molecule has 10 nitrogen and oxygen atoms in total. The van der Waals surface area contributed by atoms with Crippen molar-refractivity contribution >= 4 is 28.0 Å². The first kappa shape index (κ1) is 29.5. The van der Waals surface area contributed by atoms with Crippen LogP contribution in [0.1, 0.15) is 19.4 Å². The van der Waals surface area contributed by atoms with Gasteiger partial charge in [0, 0.05) is 41.0 Å². The van der Waals surface area contributed by atoms with Gasteiger partial charge in [-0.3, -0.25) is 9.59 Å². The van der Waals surface area contributed by atoms with E-state index in [-0.39, 0.29) is 62.0 Å². The van der Waals surface area contributed by atoms with E-state index in [4.69, 9.17) is 23.0 Å². The molecule has 3 heterocycles. The average Bonchev–Trinajstić information content (AvgIpc) is 3.03. The lowest BCUT2D eigenvalue weighted by Crippen LogP contribution is -2.28. The van der Waals surface area contributed by atoms with Crippen LogP contribution in [0.15, 0.2) is 91.2 Å². The number of ether oxygens (including phenoxy) is 3. The molecular formula is C37H28O10. The lowest BCUT2D eigenvalue weighted by atomic mass is 9.91. The number of methoxy groups -OCH3 is 2. The highest BCUT2D eigenvalue weighted by atomic mass is 16.5. The average molecular weight is 633 g/mol. The molecule has 0 amide bonds. The summed E-state index contributed by atoms with van der Waals surface area (Å²) in [4.78, 5) is 26.9. The lowest BCUT2D eigenvalue weighted by Gasteiger charge is -2.30. The van der Waals surface area contributed by atoms with Crippen molar-refractivity contribution in [3.05, 3.63) is 98.8 Å². The molecule has 0 saturated carbocycles. The minimum atomic E-state index is -0.798. The number of phenolic OH excluding ortho intramolecular Hbond substituents is 3. The molecule has 0 saturated heterocycles. The first-order valence-corrected chi connectivity index (χ1v) is 14.6. The minimum Gasteiger partial charge on any atom is -0.508 e. The Labute approximate surface area is 266 Å². The molecule has 1 aliphatic rings. The second kappa shape index (κ2) is 10.7. The van der Waals surface area contributed by atoms with E-state index in [1.165, 1.54) is 50.6 Å². The Morgan fingerprint density at radius 2 is 1.43 bits per heavy atom. The third-order valence-corrected chi connectivity index (χ3v) is 8.08. The molecule has 0 aliphatic carbocycles. The van der Waals surface area contributed by atoms with Crippen LogP contribution in [0, 0.1) is 0 Å². The van der Waals surface area contributed by atoms with Gasteiger partial charge in [0.2, 0.25) is 0 Å². The van der Waals surface area contributed by atoms with Gasteiger partial charge in [0.05, 0.1) is 25.3 Å². The molecule has 10 heteroatoms. The summed E-state index contributed by atoms with van der Waals surface area (Å²) in [6.45, 7) is 3.70. The number of fused-ring (bicyclic) bond motifs is 3. The van der Waals surface area contributed by atoms with Gasteiger partial charge < -0.3 is 38.4 Å². The molecular weight excluding hydrogens is 604 g/mol. The van der Waals surface area contributed by atoms with Crippen LogP contribution in [0.25, 0.3) is 61.8 Å². The molecule has 2 aromatic heterocycles. The Balaban J connectivity index is 1.56. The third kappa shape index (κ3) is 4.91. The number of rotatable bonds is 5. The van der Waals surface area contributed by atoms with E-state index in [9.17, 15) is 24.9 Å². The largest absolute Gasteiger partial charge is 0.508 e. The van der Waals surface area contributed by atoms with Crippen LogP contribution in [-0.2, 0) is 0 Å². The molecule has 0 bridgehead atoms. The fourth-order valence-electron chi connectivity index (χ4n) is 5.79. The normalized spacial score (nSPS) is 13.4. The Hall–Kier alpha value is -6.16. The van der Waals surface area contributed by atoms with Crippen LogP contribution in [-0.4, -0.2) is 35.1 Å². The van der Waals surface area contributed by atoms with E-state index in [0.717, 1.165) is 0 Å². The van der Waals surface area contributed by atoms with Crippen LogP contribution in [0.3, 0.4) is 0 Å². The van der Waals surface area contributed by atoms with Crippen molar-refractivity contribution in [3.8, 4) is 68.3 Å². The van der Waals surface area contributed by atoms with E-state index in [1.807, 2.05) is 13.8 Å². The molecule has 0 fully saturated rings. The maximum Gasteiger partial charge on any atom is 0.197 e. The van der Waals surface area contributed by atoms with Gasteiger partial charge in [-0.2, -0.15) is 0 Å². The molecule has 1 aliphatic heterocycles. The van der Waals surface area contributed by atoms with Gasteiger partial charge in [0.15, 0.2) is 16.4 Å². The summed E-state index contributed by atoms with van der Waals surface area (Å²) in [7, 11) is 2.92. The summed E-state index contributed by atoms with van der Waals surface area (Å²) in [5, 5.41) is 31.7. The predicted molar refractivity (Wildman–Crippen MR) is 177 cm³/mol. The van der Waals surface area contributed by atoms with E-state index < -0.39 is 16.5 Å². The van der Waals surface area contributed by atoms with Crippen molar-refractivity contribution in [3.63, 3.8) is 0 Å². The Kier molecular flexibility index (Phi) is 6.75. The van der Waals surface area contributed by atoms with Gasteiger partial charge in [-0.15, -0.1) is 0 Å². The van der Waals surface area contributed by atoms with Crippen molar-refractivity contribution in [2.24, 2.45) is 0 Å². The summed E-state index contributed by atoms with van der Waals surface area (Å²) in [6.07, 6.45) is 3.47. The van der Waals surface area contributed by atoms with Crippen molar-refractivity contribution in [1.29, 1.82) is 0 Å². The van der Waals surface area contributed by atoms with Crippen LogP contribution < -0.4 is 25.1 Å². The van der Waals surface area contributed by atoms with Gasteiger partial charge in [0.25, 0.3) is 0 Å². The quantitative estimate of drug-likeness (QED) is 0.178. The molecule has 0 radical (unpaired) electrons. The summed E-state index contributed by atoms with van der Waals surface area (Å²) in [6, 6.07) is 16.6. The number of hydrogen-bond donors (Lipinski definition) is 3. The highest BCUT2D eigenvalue weighted by molar-refractivity contribution is 6.05. The topological polar surface area (TPSA) is 149 Å². The molecule has 3 N–H and O–H groups in total. The van der Waals surface area contributed by atoms with Crippen molar-refractivity contribution < 1.29 is 38.4 Å². The number of benzene rings is 4. The second-order valence-corrected chi connectivity index (χ2v) is 11.6. The van der Waals surface area contributed by atoms with Crippen molar-refractivity contribution in [1.82, 2.24) is 0 Å². The Morgan fingerprint density at radius 1 is 0.745 bits per heavy atom. The van der Waals surface area contributed by atoms with Crippen LogP contribution in [0.4, 0.5) is 0 Å². The van der Waals surface area contributed by atoms with Crippen molar-refractivity contribution in [2.75, 3.05) is 14.2 Å². The van der Waals surface area contributed by atoms with Gasteiger partial charge in [-0.25, -0.2) is 0 Å². The third-order valence-electron chi connectivity index (χ3n) is 8.08. The van der Waals surface area contributed by atoms with Gasteiger partial charge in [0.1, 0.15) is 68.0 Å². The SMILES string of the molecule is COc1cc(O)c2c(=O)cc(-c3ccc(OC)c(-c4c5c(c(O)c6c(=O)cc(-c7ccc(O)cc7)oc46)C=CC(C)(C)O5)c3)oc2c1. The van der Waals surface area contributed by atoms with E-state index in [1.54, 1.807) is 42.5 Å². The van der Waals surface area contributed by atoms with E-state index >= 15 is 0 Å². The van der Waals surface area contributed by atoms with Gasteiger partial charge in [-0.1, -0.05) is 0 Å². The molecule has 0 atom stereocenters. The fourth-order valence-corrected chi connectivity index (χ4v) is 5.79. The maximum atomic E-state index is 13.7.